The van der Waals surface area contributed by atoms with Gasteiger partial charge in [0, 0.05) is 37.1 Å². The molecule has 0 saturated carbocycles. The summed E-state index contributed by atoms with van der Waals surface area (Å²) in [6.07, 6.45) is 1.70. The second-order valence-corrected chi connectivity index (χ2v) is 9.51. The van der Waals surface area contributed by atoms with E-state index in [-0.39, 0.29) is 0 Å². The quantitative estimate of drug-likeness (QED) is 0.236. The van der Waals surface area contributed by atoms with Crippen molar-refractivity contribution in [3.63, 3.8) is 0 Å². The van der Waals surface area contributed by atoms with Crippen LogP contribution in [0, 0.1) is 6.92 Å². The Labute approximate surface area is 240 Å². The first kappa shape index (κ1) is 27.9. The molecular weight excluding hydrogens is 522 g/mol. The van der Waals surface area contributed by atoms with E-state index in [2.05, 4.69) is 32.7 Å². The Hall–Kier alpha value is -4.70. The van der Waals surface area contributed by atoms with E-state index >= 15 is 0 Å². The highest BCUT2D eigenvalue weighted by Crippen LogP contribution is 2.35. The van der Waals surface area contributed by atoms with Crippen LogP contribution >= 0.6 is 0 Å². The second-order valence-electron chi connectivity index (χ2n) is 9.51. The van der Waals surface area contributed by atoms with Gasteiger partial charge in [-0.1, -0.05) is 6.07 Å². The summed E-state index contributed by atoms with van der Waals surface area (Å²) in [5.74, 6) is 3.32. The molecule has 2 N–H and O–H groups in total. The zero-order valence-corrected chi connectivity index (χ0v) is 23.8. The zero-order valence-electron chi connectivity index (χ0n) is 23.8. The summed E-state index contributed by atoms with van der Waals surface area (Å²) in [5, 5.41) is 6.68. The molecule has 1 aromatic heterocycles. The standard InChI is InChI=1S/C31H35N5O5/c1-21-5-10-28(29(15-21)39-4)41-30-27(32-19-22-16-25(37-2)18-26(17-22)38-3)20-33-31(35-30)34-23-6-8-24(9-7-23)36-11-13-40-14-12-36/h5-10,15-18,20,32H,11-14,19H2,1-4H3,(H,33,34,35). The number of aryl methyl sites for hydroxylation is 1. The highest BCUT2D eigenvalue weighted by molar-refractivity contribution is 5.62. The van der Waals surface area contributed by atoms with Crippen molar-refractivity contribution in [1.82, 2.24) is 9.97 Å². The number of rotatable bonds is 11. The topological polar surface area (TPSA) is 99.2 Å². The first-order chi connectivity index (χ1) is 20.0. The fourth-order valence-electron chi connectivity index (χ4n) is 4.46. The molecule has 4 aromatic rings. The Morgan fingerprint density at radius 1 is 0.854 bits per heavy atom. The maximum Gasteiger partial charge on any atom is 0.247 e. The Bertz CT molecular complexity index is 1440. The first-order valence-electron chi connectivity index (χ1n) is 13.4. The Morgan fingerprint density at radius 3 is 2.27 bits per heavy atom. The van der Waals surface area contributed by atoms with Gasteiger partial charge in [0.2, 0.25) is 11.8 Å². The molecule has 0 amide bonds. The van der Waals surface area contributed by atoms with Gasteiger partial charge in [-0.3, -0.25) is 0 Å². The number of anilines is 4. The lowest BCUT2D eigenvalue weighted by Crippen LogP contribution is -2.36. The third kappa shape index (κ3) is 7.09. The Balaban J connectivity index is 1.39. The molecule has 0 atom stereocenters. The molecule has 1 aliphatic rings. The predicted octanol–water partition coefficient (Wildman–Crippen LogP) is 5.80. The van der Waals surface area contributed by atoms with Crippen LogP contribution in [0.1, 0.15) is 11.1 Å². The van der Waals surface area contributed by atoms with E-state index in [9.17, 15) is 0 Å². The third-order valence-electron chi connectivity index (χ3n) is 6.67. The summed E-state index contributed by atoms with van der Waals surface area (Å²) >= 11 is 0. The highest BCUT2D eigenvalue weighted by atomic mass is 16.5. The minimum atomic E-state index is 0.351. The van der Waals surface area contributed by atoms with E-state index in [1.807, 2.05) is 55.5 Å². The van der Waals surface area contributed by atoms with Crippen LogP contribution in [0.3, 0.4) is 0 Å². The summed E-state index contributed by atoms with van der Waals surface area (Å²) in [6, 6.07) is 19.7. The summed E-state index contributed by atoms with van der Waals surface area (Å²) in [4.78, 5) is 11.6. The maximum absolute atomic E-state index is 6.30. The van der Waals surface area contributed by atoms with Crippen molar-refractivity contribution < 1.29 is 23.7 Å². The molecule has 2 heterocycles. The molecule has 0 unspecified atom stereocenters. The van der Waals surface area contributed by atoms with Crippen molar-refractivity contribution in [3.05, 3.63) is 78.0 Å². The Morgan fingerprint density at radius 2 is 1.59 bits per heavy atom. The molecule has 0 aliphatic carbocycles. The largest absolute Gasteiger partial charge is 0.497 e. The smallest absolute Gasteiger partial charge is 0.247 e. The molecule has 1 aliphatic heterocycles. The molecule has 1 fully saturated rings. The molecule has 10 nitrogen and oxygen atoms in total. The number of hydrogen-bond acceptors (Lipinski definition) is 10. The van der Waals surface area contributed by atoms with Crippen LogP contribution in [0.5, 0.6) is 28.9 Å². The van der Waals surface area contributed by atoms with Gasteiger partial charge < -0.3 is 39.2 Å². The average molecular weight is 558 g/mol. The van der Waals surface area contributed by atoms with E-state index < -0.39 is 0 Å². The lowest BCUT2D eigenvalue weighted by molar-refractivity contribution is 0.122. The van der Waals surface area contributed by atoms with Gasteiger partial charge in [-0.05, 0) is 66.6 Å². The van der Waals surface area contributed by atoms with E-state index in [4.69, 9.17) is 28.7 Å². The van der Waals surface area contributed by atoms with Gasteiger partial charge in [0.1, 0.15) is 17.2 Å². The molecule has 1 saturated heterocycles. The summed E-state index contributed by atoms with van der Waals surface area (Å²) in [7, 11) is 4.87. The second kappa shape index (κ2) is 13.1. The van der Waals surface area contributed by atoms with Gasteiger partial charge in [-0.25, -0.2) is 4.98 Å². The van der Waals surface area contributed by atoms with Crippen molar-refractivity contribution >= 4 is 23.0 Å². The number of nitrogens with one attached hydrogen (secondary N) is 2. The van der Waals surface area contributed by atoms with Gasteiger partial charge in [-0.15, -0.1) is 0 Å². The van der Waals surface area contributed by atoms with Gasteiger partial charge in [0.25, 0.3) is 0 Å². The Kier molecular flexibility index (Phi) is 8.90. The predicted molar refractivity (Wildman–Crippen MR) is 159 cm³/mol. The third-order valence-corrected chi connectivity index (χ3v) is 6.67. The summed E-state index contributed by atoms with van der Waals surface area (Å²) in [5.41, 5.74) is 4.66. The van der Waals surface area contributed by atoms with Crippen molar-refractivity contribution in [2.45, 2.75) is 13.5 Å². The van der Waals surface area contributed by atoms with E-state index in [1.165, 1.54) is 0 Å². The van der Waals surface area contributed by atoms with Gasteiger partial charge in [0.15, 0.2) is 11.5 Å². The van der Waals surface area contributed by atoms with Gasteiger partial charge in [0.05, 0.1) is 40.7 Å². The number of aromatic nitrogens is 2. The minimum Gasteiger partial charge on any atom is -0.497 e. The van der Waals surface area contributed by atoms with Gasteiger partial charge in [-0.2, -0.15) is 4.98 Å². The molecule has 3 aromatic carbocycles. The minimum absolute atomic E-state index is 0.351. The van der Waals surface area contributed by atoms with Crippen LogP contribution in [-0.2, 0) is 11.3 Å². The number of hydrogen-bond donors (Lipinski definition) is 2. The number of benzene rings is 3. The zero-order chi connectivity index (χ0) is 28.6. The fraction of sp³-hybridized carbons (Fsp3) is 0.290. The molecule has 5 rings (SSSR count). The molecule has 0 bridgehead atoms. The van der Waals surface area contributed by atoms with Crippen molar-refractivity contribution in [1.29, 1.82) is 0 Å². The van der Waals surface area contributed by atoms with Crippen molar-refractivity contribution in [2.75, 3.05) is 63.2 Å². The SMILES string of the molecule is COc1cc(CNc2cnc(Nc3ccc(N4CCOCC4)cc3)nc2Oc2ccc(C)cc2OC)cc(OC)c1. The molecule has 10 heteroatoms. The first-order valence-corrected chi connectivity index (χ1v) is 13.4. The van der Waals surface area contributed by atoms with Crippen LogP contribution in [0.25, 0.3) is 0 Å². The van der Waals surface area contributed by atoms with E-state index in [0.29, 0.717) is 47.1 Å². The lowest BCUT2D eigenvalue weighted by Gasteiger charge is -2.28. The van der Waals surface area contributed by atoms with Crippen LogP contribution in [-0.4, -0.2) is 57.6 Å². The highest BCUT2D eigenvalue weighted by Gasteiger charge is 2.15. The maximum atomic E-state index is 6.30. The fourth-order valence-corrected chi connectivity index (χ4v) is 4.46. The van der Waals surface area contributed by atoms with Crippen LogP contribution in [0.4, 0.5) is 23.0 Å². The molecule has 214 valence electrons. The van der Waals surface area contributed by atoms with Crippen molar-refractivity contribution in [3.8, 4) is 28.9 Å². The van der Waals surface area contributed by atoms with Crippen LogP contribution in [0.15, 0.2) is 66.9 Å². The van der Waals surface area contributed by atoms with Crippen LogP contribution in [0.2, 0.25) is 0 Å². The normalized spacial score (nSPS) is 12.9. The number of ether oxygens (including phenoxy) is 5. The van der Waals surface area contributed by atoms with E-state index in [1.54, 1.807) is 27.5 Å². The molecular formula is C31H35N5O5. The van der Waals surface area contributed by atoms with Gasteiger partial charge >= 0.3 is 0 Å². The van der Waals surface area contributed by atoms with Crippen molar-refractivity contribution in [2.24, 2.45) is 0 Å². The molecule has 0 spiro atoms. The summed E-state index contributed by atoms with van der Waals surface area (Å²) < 4.78 is 28.1. The average Bonchev–Trinajstić information content (AvgIpc) is 3.02. The molecule has 0 radical (unpaired) electrons. The number of nitrogens with zero attached hydrogens (tertiary/aromatic N) is 3. The monoisotopic (exact) mass is 557 g/mol. The number of morpholine rings is 1. The summed E-state index contributed by atoms with van der Waals surface area (Å²) in [6.45, 7) is 5.72. The number of methoxy groups -OCH3 is 3. The van der Waals surface area contributed by atoms with Crippen LogP contribution < -0.4 is 34.5 Å². The molecule has 41 heavy (non-hydrogen) atoms. The van der Waals surface area contributed by atoms with E-state index in [0.717, 1.165) is 48.8 Å². The lowest BCUT2D eigenvalue weighted by atomic mass is 10.2.